The maximum Gasteiger partial charge on any atom is 0.00968 e. The molecule has 0 aromatic carbocycles. The molecule has 3 heteroatoms. The summed E-state index contributed by atoms with van der Waals surface area (Å²) in [7, 11) is 2.27. The molecule has 0 aromatic heterocycles. The van der Waals surface area contributed by atoms with Gasteiger partial charge >= 0.3 is 0 Å². The van der Waals surface area contributed by atoms with Crippen molar-refractivity contribution < 1.29 is 0 Å². The fourth-order valence-electron chi connectivity index (χ4n) is 7.09. The summed E-state index contributed by atoms with van der Waals surface area (Å²) in [6.07, 6.45) is 10.2. The highest BCUT2D eigenvalue weighted by Crippen LogP contribution is 2.55. The van der Waals surface area contributed by atoms with Crippen LogP contribution in [0.4, 0.5) is 0 Å². The van der Waals surface area contributed by atoms with Crippen molar-refractivity contribution in [3.63, 3.8) is 0 Å². The van der Waals surface area contributed by atoms with Crippen LogP contribution in [-0.2, 0) is 0 Å². The van der Waals surface area contributed by atoms with Crippen LogP contribution in [0.15, 0.2) is 0 Å². The van der Waals surface area contributed by atoms with Crippen LogP contribution in [-0.4, -0.2) is 73.1 Å². The van der Waals surface area contributed by atoms with Crippen molar-refractivity contribution in [2.75, 3.05) is 46.3 Å². The molecule has 27 heavy (non-hydrogen) atoms. The minimum atomic E-state index is 0.658. The van der Waals surface area contributed by atoms with Crippen LogP contribution < -0.4 is 0 Å². The van der Waals surface area contributed by atoms with E-state index in [1.807, 2.05) is 0 Å². The average molecular weight is 376 g/mol. The van der Waals surface area contributed by atoms with E-state index in [0.717, 1.165) is 23.9 Å². The highest BCUT2D eigenvalue weighted by molar-refractivity contribution is 5.03. The summed E-state index contributed by atoms with van der Waals surface area (Å²) >= 11 is 0. The van der Waals surface area contributed by atoms with Crippen molar-refractivity contribution in [2.24, 2.45) is 22.7 Å². The Bertz CT molecular complexity index is 512. The Kier molecular flexibility index (Phi) is 5.68. The topological polar surface area (TPSA) is 9.72 Å². The monoisotopic (exact) mass is 375 g/mol. The zero-order valence-electron chi connectivity index (χ0n) is 18.8. The minimum absolute atomic E-state index is 0.658. The molecule has 4 rings (SSSR count). The van der Waals surface area contributed by atoms with Crippen molar-refractivity contribution in [3.05, 3.63) is 0 Å². The molecular formula is C24H45N3. The molecule has 0 aromatic rings. The van der Waals surface area contributed by atoms with Crippen LogP contribution in [0, 0.1) is 22.7 Å². The molecule has 0 radical (unpaired) electrons. The first-order valence-electron chi connectivity index (χ1n) is 12.0. The SMILES string of the molecule is CC(C)CC1CCC12CCN(C(C)CCC(C)N1CCC3(CN(C)C3)C1)C2. The Morgan fingerprint density at radius 2 is 1.44 bits per heavy atom. The molecule has 0 amide bonds. The molecule has 1 aliphatic carbocycles. The van der Waals surface area contributed by atoms with Crippen molar-refractivity contribution in [1.29, 1.82) is 0 Å². The van der Waals surface area contributed by atoms with Gasteiger partial charge in [0.15, 0.2) is 0 Å². The van der Waals surface area contributed by atoms with Crippen molar-refractivity contribution in [3.8, 4) is 0 Å². The first-order chi connectivity index (χ1) is 12.8. The van der Waals surface area contributed by atoms with E-state index in [0.29, 0.717) is 10.8 Å². The lowest BCUT2D eigenvalue weighted by atomic mass is 9.57. The van der Waals surface area contributed by atoms with Crippen LogP contribution in [0.3, 0.4) is 0 Å². The van der Waals surface area contributed by atoms with Crippen LogP contribution in [0.25, 0.3) is 0 Å². The molecule has 0 bridgehead atoms. The molecule has 0 N–H and O–H groups in total. The smallest absolute Gasteiger partial charge is 0.00968 e. The summed E-state index contributed by atoms with van der Waals surface area (Å²) in [5.74, 6) is 1.90. The highest BCUT2D eigenvalue weighted by atomic mass is 15.3. The Morgan fingerprint density at radius 1 is 0.815 bits per heavy atom. The lowest BCUT2D eigenvalue weighted by Gasteiger charge is -2.48. The second-order valence-corrected chi connectivity index (χ2v) is 11.6. The highest BCUT2D eigenvalue weighted by Gasteiger charge is 2.51. The minimum Gasteiger partial charge on any atom is -0.305 e. The largest absolute Gasteiger partial charge is 0.305 e. The third-order valence-electron chi connectivity index (χ3n) is 8.95. The molecule has 4 fully saturated rings. The maximum atomic E-state index is 2.85. The number of hydrogen-bond donors (Lipinski definition) is 0. The van der Waals surface area contributed by atoms with Crippen molar-refractivity contribution in [2.45, 2.75) is 84.7 Å². The van der Waals surface area contributed by atoms with Crippen LogP contribution in [0.1, 0.15) is 72.6 Å². The van der Waals surface area contributed by atoms with Gasteiger partial charge < -0.3 is 9.80 Å². The van der Waals surface area contributed by atoms with Crippen LogP contribution in [0.2, 0.25) is 0 Å². The normalized spacial score (nSPS) is 36.4. The molecule has 3 nitrogen and oxygen atoms in total. The van der Waals surface area contributed by atoms with Crippen LogP contribution >= 0.6 is 0 Å². The van der Waals surface area contributed by atoms with Gasteiger partial charge in [-0.25, -0.2) is 0 Å². The molecule has 4 aliphatic rings. The lowest BCUT2D eigenvalue weighted by Crippen LogP contribution is -2.55. The summed E-state index contributed by atoms with van der Waals surface area (Å²) in [5.41, 5.74) is 1.37. The first-order valence-corrected chi connectivity index (χ1v) is 12.0. The molecule has 3 aliphatic heterocycles. The second-order valence-electron chi connectivity index (χ2n) is 11.6. The van der Waals surface area contributed by atoms with Gasteiger partial charge in [-0.1, -0.05) is 13.8 Å². The van der Waals surface area contributed by atoms with Gasteiger partial charge in [-0.15, -0.1) is 0 Å². The summed E-state index contributed by atoms with van der Waals surface area (Å²) in [6, 6.07) is 1.55. The summed E-state index contributed by atoms with van der Waals surface area (Å²) < 4.78 is 0. The zero-order valence-corrected chi connectivity index (χ0v) is 18.8. The Morgan fingerprint density at radius 3 is 2.00 bits per heavy atom. The van der Waals surface area contributed by atoms with E-state index < -0.39 is 0 Å². The average Bonchev–Trinajstić information content (AvgIpc) is 3.22. The van der Waals surface area contributed by atoms with E-state index in [1.165, 1.54) is 84.2 Å². The van der Waals surface area contributed by atoms with E-state index in [2.05, 4.69) is 49.4 Å². The van der Waals surface area contributed by atoms with E-state index in [9.17, 15) is 0 Å². The fraction of sp³-hybridized carbons (Fsp3) is 1.00. The molecule has 3 saturated heterocycles. The van der Waals surface area contributed by atoms with Gasteiger partial charge in [0.2, 0.25) is 0 Å². The third kappa shape index (κ3) is 3.98. The molecule has 4 atom stereocenters. The number of rotatable bonds is 7. The molecule has 4 unspecified atom stereocenters. The van der Waals surface area contributed by atoms with Crippen molar-refractivity contribution in [1.82, 2.24) is 14.7 Å². The van der Waals surface area contributed by atoms with Gasteiger partial charge in [0.25, 0.3) is 0 Å². The van der Waals surface area contributed by atoms with Gasteiger partial charge in [0.05, 0.1) is 0 Å². The third-order valence-corrected chi connectivity index (χ3v) is 8.95. The van der Waals surface area contributed by atoms with Gasteiger partial charge in [-0.2, -0.15) is 0 Å². The summed E-state index contributed by atoms with van der Waals surface area (Å²) in [6.45, 7) is 17.9. The van der Waals surface area contributed by atoms with Gasteiger partial charge in [0.1, 0.15) is 0 Å². The molecule has 1 saturated carbocycles. The fourth-order valence-corrected chi connectivity index (χ4v) is 7.09. The van der Waals surface area contributed by atoms with E-state index in [1.54, 1.807) is 0 Å². The number of nitrogens with zero attached hydrogens (tertiary/aromatic N) is 3. The predicted molar refractivity (Wildman–Crippen MR) is 115 cm³/mol. The van der Waals surface area contributed by atoms with Gasteiger partial charge in [0, 0.05) is 43.7 Å². The second kappa shape index (κ2) is 7.61. The number of hydrogen-bond acceptors (Lipinski definition) is 3. The molecular weight excluding hydrogens is 330 g/mol. The Balaban J connectivity index is 1.20. The summed E-state index contributed by atoms with van der Waals surface area (Å²) in [4.78, 5) is 8.15. The van der Waals surface area contributed by atoms with E-state index >= 15 is 0 Å². The molecule has 156 valence electrons. The quantitative estimate of drug-likeness (QED) is 0.656. The first kappa shape index (κ1) is 20.2. The standard InChI is InChI=1S/C24H45N3/c1-19(2)14-22-8-9-24(22)11-13-27(18-24)21(4)7-6-20(3)26-12-10-23(17-26)15-25(5)16-23/h19-22H,6-18H2,1-5H3. The zero-order chi connectivity index (χ0) is 19.2. The van der Waals surface area contributed by atoms with Gasteiger partial charge in [-0.3, -0.25) is 4.90 Å². The predicted octanol–water partition coefficient (Wildman–Crippen LogP) is 4.33. The van der Waals surface area contributed by atoms with E-state index in [4.69, 9.17) is 0 Å². The van der Waals surface area contributed by atoms with Gasteiger partial charge in [-0.05, 0) is 96.2 Å². The Labute approximate surface area is 168 Å². The molecule has 3 heterocycles. The summed E-state index contributed by atoms with van der Waals surface area (Å²) in [5, 5.41) is 0. The van der Waals surface area contributed by atoms with Crippen LogP contribution in [0.5, 0.6) is 0 Å². The van der Waals surface area contributed by atoms with E-state index in [-0.39, 0.29) is 0 Å². The Hall–Kier alpha value is -0.120. The lowest BCUT2D eigenvalue weighted by molar-refractivity contribution is 0.0184. The maximum absolute atomic E-state index is 2.85. The molecule has 2 spiro atoms. The number of likely N-dealkylation sites (tertiary alicyclic amines) is 3. The van der Waals surface area contributed by atoms with Crippen molar-refractivity contribution >= 4 is 0 Å².